The maximum atomic E-state index is 12.1. The molecular formula is C19H18N6O2S. The minimum atomic E-state index is -0.404. The number of aryl methyl sites for hydroxylation is 1. The van der Waals surface area contributed by atoms with Crippen molar-refractivity contribution >= 4 is 23.5 Å². The molecule has 0 N–H and O–H groups in total. The van der Waals surface area contributed by atoms with Gasteiger partial charge in [-0.05, 0) is 25.0 Å². The number of aromatic nitrogens is 3. The molecule has 3 aromatic rings. The van der Waals surface area contributed by atoms with Gasteiger partial charge in [0.25, 0.3) is 6.20 Å². The van der Waals surface area contributed by atoms with Crippen molar-refractivity contribution in [2.24, 2.45) is 4.99 Å². The average molecular weight is 394 g/mol. The van der Waals surface area contributed by atoms with Crippen molar-refractivity contribution in [3.8, 4) is 17.3 Å². The van der Waals surface area contributed by atoms with Crippen LogP contribution < -0.4 is 14.9 Å². The fraction of sp³-hybridized carbons (Fsp3) is 0.211. The molecule has 0 fully saturated rings. The van der Waals surface area contributed by atoms with Crippen molar-refractivity contribution in [2.45, 2.75) is 11.9 Å². The van der Waals surface area contributed by atoms with E-state index in [9.17, 15) is 10.4 Å². The fourth-order valence-corrected chi connectivity index (χ4v) is 3.03. The summed E-state index contributed by atoms with van der Waals surface area (Å²) in [6, 6.07) is 13.6. The first kappa shape index (κ1) is 19.4. The number of thioether (sulfide) groups is 1. The Bertz CT molecular complexity index is 1040. The molecule has 1 aromatic carbocycles. The third kappa shape index (κ3) is 4.66. The number of pyridine rings is 1. The monoisotopic (exact) mass is 394 g/mol. The summed E-state index contributed by atoms with van der Waals surface area (Å²) in [6.45, 7) is 2.01. The standard InChI is InChI=1S/C19H18N6O2S/c1-13-4-6-14(7-5-13)16-9-8-15(10-20)19(21-16)28-12-17(26)22-18-11-25(23-27-18)24(2)3/h4-9,11H,12H2,1-3H3. The van der Waals surface area contributed by atoms with Gasteiger partial charge < -0.3 is 5.11 Å². The van der Waals surface area contributed by atoms with Gasteiger partial charge in [-0.2, -0.15) is 10.3 Å². The molecule has 0 amide bonds. The minimum Gasteiger partial charge on any atom is -0.861 e. The predicted octanol–water partition coefficient (Wildman–Crippen LogP) is 1.58. The minimum absolute atomic E-state index is 0.0295. The van der Waals surface area contributed by atoms with E-state index in [1.54, 1.807) is 31.2 Å². The van der Waals surface area contributed by atoms with Crippen LogP contribution in [0.5, 0.6) is 0 Å². The molecule has 0 radical (unpaired) electrons. The SMILES string of the molecule is Cc1ccc(-c2ccc(C#N)c(SC/C([O-])=N/c3c[n+](N(C)C)no3)n2)cc1. The van der Waals surface area contributed by atoms with Crippen LogP contribution in [0.3, 0.4) is 0 Å². The summed E-state index contributed by atoms with van der Waals surface area (Å²) in [7, 11) is 3.56. The van der Waals surface area contributed by atoms with Crippen molar-refractivity contribution in [2.75, 3.05) is 24.9 Å². The Kier molecular flexibility index (Phi) is 5.91. The van der Waals surface area contributed by atoms with Crippen LogP contribution in [0.25, 0.3) is 11.3 Å². The highest BCUT2D eigenvalue weighted by Gasteiger charge is 2.13. The van der Waals surface area contributed by atoms with E-state index in [1.165, 1.54) is 22.7 Å². The van der Waals surface area contributed by atoms with Gasteiger partial charge in [-0.3, -0.25) is 4.52 Å². The molecule has 0 spiro atoms. The molecule has 0 saturated carbocycles. The van der Waals surface area contributed by atoms with E-state index in [4.69, 9.17) is 4.52 Å². The molecule has 0 atom stereocenters. The van der Waals surface area contributed by atoms with Crippen molar-refractivity contribution in [3.63, 3.8) is 0 Å². The zero-order valence-corrected chi connectivity index (χ0v) is 16.5. The number of hydrogen-bond donors (Lipinski definition) is 0. The van der Waals surface area contributed by atoms with E-state index in [2.05, 4.69) is 21.3 Å². The third-order valence-electron chi connectivity index (χ3n) is 3.75. The van der Waals surface area contributed by atoms with Crippen LogP contribution in [-0.4, -0.2) is 36.0 Å². The molecule has 0 bridgehead atoms. The summed E-state index contributed by atoms with van der Waals surface area (Å²) in [5.41, 5.74) is 3.26. The second-order valence-electron chi connectivity index (χ2n) is 6.13. The smallest absolute Gasteiger partial charge is 0.324 e. The highest BCUT2D eigenvalue weighted by molar-refractivity contribution is 7.99. The van der Waals surface area contributed by atoms with Gasteiger partial charge >= 0.3 is 5.88 Å². The van der Waals surface area contributed by atoms with Gasteiger partial charge in [-0.15, -0.1) is 0 Å². The van der Waals surface area contributed by atoms with Gasteiger partial charge in [0.15, 0.2) is 0 Å². The van der Waals surface area contributed by atoms with Gasteiger partial charge in [0.05, 0.1) is 30.1 Å². The normalized spacial score (nSPS) is 11.3. The number of nitrogens with zero attached hydrogens (tertiary/aromatic N) is 6. The first-order valence-corrected chi connectivity index (χ1v) is 9.36. The molecule has 0 aliphatic rings. The number of rotatable bonds is 6. The van der Waals surface area contributed by atoms with E-state index in [-0.39, 0.29) is 11.6 Å². The first-order chi connectivity index (χ1) is 13.5. The van der Waals surface area contributed by atoms with Crippen molar-refractivity contribution in [3.05, 3.63) is 53.7 Å². The Morgan fingerprint density at radius 2 is 2.04 bits per heavy atom. The van der Waals surface area contributed by atoms with E-state index in [0.717, 1.165) is 16.8 Å². The Morgan fingerprint density at radius 1 is 1.29 bits per heavy atom. The molecule has 0 aliphatic heterocycles. The summed E-state index contributed by atoms with van der Waals surface area (Å²) >= 11 is 1.17. The topological polar surface area (TPSA) is 105 Å². The number of hydrogen-bond acceptors (Lipinski definition) is 8. The maximum absolute atomic E-state index is 12.1. The molecule has 9 heteroatoms. The van der Waals surface area contributed by atoms with Crippen molar-refractivity contribution in [1.82, 2.24) is 10.3 Å². The average Bonchev–Trinajstić information content (AvgIpc) is 3.15. The quantitative estimate of drug-likeness (QED) is 0.270. The van der Waals surface area contributed by atoms with E-state index >= 15 is 0 Å². The lowest BCUT2D eigenvalue weighted by molar-refractivity contribution is -0.753. The van der Waals surface area contributed by atoms with Crippen molar-refractivity contribution in [1.29, 1.82) is 5.26 Å². The Balaban J connectivity index is 1.77. The van der Waals surface area contributed by atoms with Gasteiger partial charge in [-0.25, -0.2) is 9.98 Å². The maximum Gasteiger partial charge on any atom is 0.324 e. The first-order valence-electron chi connectivity index (χ1n) is 8.38. The summed E-state index contributed by atoms with van der Waals surface area (Å²) in [5.74, 6) is -0.263. The molecule has 8 nitrogen and oxygen atoms in total. The molecular weight excluding hydrogens is 376 g/mol. The van der Waals surface area contributed by atoms with Gasteiger partial charge in [0.1, 0.15) is 11.1 Å². The van der Waals surface area contributed by atoms with Crippen LogP contribution >= 0.6 is 11.8 Å². The molecule has 28 heavy (non-hydrogen) atoms. The molecule has 0 unspecified atom stereocenters. The van der Waals surface area contributed by atoms with Crippen LogP contribution in [0.15, 0.2) is 57.1 Å². The molecule has 0 saturated heterocycles. The highest BCUT2D eigenvalue weighted by atomic mass is 32.2. The summed E-state index contributed by atoms with van der Waals surface area (Å²) in [6.07, 6.45) is 1.50. The number of benzene rings is 1. The van der Waals surface area contributed by atoms with Gasteiger partial charge in [-0.1, -0.05) is 41.6 Å². The van der Waals surface area contributed by atoms with Crippen LogP contribution in [0.4, 0.5) is 5.88 Å². The summed E-state index contributed by atoms with van der Waals surface area (Å²) in [5, 5.41) is 27.4. The van der Waals surface area contributed by atoms with Crippen molar-refractivity contribution < 1.29 is 14.4 Å². The summed E-state index contributed by atoms with van der Waals surface area (Å²) in [4.78, 5) is 9.84. The van der Waals surface area contributed by atoms with Gasteiger partial charge in [0, 0.05) is 11.3 Å². The molecule has 142 valence electrons. The number of aliphatic imine (C=N–C) groups is 1. The zero-order chi connectivity index (χ0) is 20.1. The number of nitriles is 1. The van der Waals surface area contributed by atoms with E-state index in [0.29, 0.717) is 10.6 Å². The molecule has 0 aliphatic carbocycles. The summed E-state index contributed by atoms with van der Waals surface area (Å²) < 4.78 is 4.99. The van der Waals surface area contributed by atoms with Crippen LogP contribution in [0, 0.1) is 18.3 Å². The lowest BCUT2D eigenvalue weighted by atomic mass is 10.1. The molecule has 3 rings (SSSR count). The van der Waals surface area contributed by atoms with E-state index in [1.807, 2.05) is 31.2 Å². The van der Waals surface area contributed by atoms with Gasteiger partial charge in [0.2, 0.25) is 5.27 Å². The Hall–Kier alpha value is -3.38. The predicted molar refractivity (Wildman–Crippen MR) is 104 cm³/mol. The van der Waals surface area contributed by atoms with E-state index < -0.39 is 5.90 Å². The van der Waals surface area contributed by atoms with Crippen LogP contribution in [0.2, 0.25) is 0 Å². The molecule has 2 heterocycles. The Labute approximate surface area is 166 Å². The lowest BCUT2D eigenvalue weighted by Crippen LogP contribution is -2.53. The lowest BCUT2D eigenvalue weighted by Gasteiger charge is -2.10. The zero-order valence-electron chi connectivity index (χ0n) is 15.7. The molecule has 2 aromatic heterocycles. The van der Waals surface area contributed by atoms with Crippen LogP contribution in [0.1, 0.15) is 11.1 Å². The second-order valence-corrected chi connectivity index (χ2v) is 7.09. The highest BCUT2D eigenvalue weighted by Crippen LogP contribution is 2.25. The third-order valence-corrected chi connectivity index (χ3v) is 4.72. The second kappa shape index (κ2) is 8.54. The fourth-order valence-electron chi connectivity index (χ4n) is 2.27. The largest absolute Gasteiger partial charge is 0.861 e. The Morgan fingerprint density at radius 3 is 2.68 bits per heavy atom. The van der Waals surface area contributed by atoms with Crippen LogP contribution in [-0.2, 0) is 0 Å².